The van der Waals surface area contributed by atoms with E-state index in [-0.39, 0.29) is 0 Å². The van der Waals surface area contributed by atoms with E-state index in [0.29, 0.717) is 24.5 Å². The molecule has 0 aliphatic carbocycles. The number of rotatable bonds is 6. The van der Waals surface area contributed by atoms with Crippen LogP contribution in [0, 0.1) is 0 Å². The van der Waals surface area contributed by atoms with Crippen molar-refractivity contribution in [3.63, 3.8) is 0 Å². The molecule has 0 saturated heterocycles. The summed E-state index contributed by atoms with van der Waals surface area (Å²) in [5, 5.41) is 3.21. The van der Waals surface area contributed by atoms with E-state index in [9.17, 15) is 4.79 Å². The van der Waals surface area contributed by atoms with Crippen LogP contribution in [0.25, 0.3) is 0 Å². The van der Waals surface area contributed by atoms with Gasteiger partial charge in [0.1, 0.15) is 18.6 Å². The van der Waals surface area contributed by atoms with Gasteiger partial charge in [0, 0.05) is 34.7 Å². The van der Waals surface area contributed by atoms with Gasteiger partial charge in [-0.3, -0.25) is 9.78 Å². The normalized spacial score (nSPS) is 9.95. The molecule has 0 radical (unpaired) electrons. The summed E-state index contributed by atoms with van der Waals surface area (Å²) in [6, 6.07) is 9.08. The molecule has 0 spiro atoms. The number of ether oxygens (including phenoxy) is 1. The smallest absolute Gasteiger partial charge is 0.150 e. The van der Waals surface area contributed by atoms with Crippen molar-refractivity contribution in [3.8, 4) is 5.75 Å². The highest BCUT2D eigenvalue weighted by atomic mass is 79.9. The fourth-order valence-corrected chi connectivity index (χ4v) is 2.06. The molecule has 0 fully saturated rings. The number of aromatic nitrogens is 1. The van der Waals surface area contributed by atoms with Crippen molar-refractivity contribution >= 4 is 27.9 Å². The molecule has 0 aliphatic heterocycles. The van der Waals surface area contributed by atoms with Crippen LogP contribution < -0.4 is 10.1 Å². The lowest BCUT2D eigenvalue weighted by Crippen LogP contribution is -2.11. The fourth-order valence-electron chi connectivity index (χ4n) is 1.57. The first-order chi connectivity index (χ1) is 9.28. The largest absolute Gasteiger partial charge is 0.492 e. The third kappa shape index (κ3) is 4.37. The van der Waals surface area contributed by atoms with Gasteiger partial charge in [0.2, 0.25) is 0 Å². The number of nitrogens with one attached hydrogen (secondary N) is 1. The number of aldehydes is 1. The summed E-state index contributed by atoms with van der Waals surface area (Å²) < 4.78 is 6.41. The van der Waals surface area contributed by atoms with E-state index in [1.54, 1.807) is 24.5 Å². The Morgan fingerprint density at radius 3 is 2.79 bits per heavy atom. The molecule has 98 valence electrons. The first kappa shape index (κ1) is 13.5. The van der Waals surface area contributed by atoms with Gasteiger partial charge >= 0.3 is 0 Å². The molecule has 0 atom stereocenters. The molecule has 2 aromatic rings. The molecule has 1 heterocycles. The zero-order valence-electron chi connectivity index (χ0n) is 10.2. The maximum absolute atomic E-state index is 10.7. The Bertz CT molecular complexity index is 546. The summed E-state index contributed by atoms with van der Waals surface area (Å²) in [6.07, 6.45) is 4.26. The minimum atomic E-state index is 0.511. The molecular weight excluding hydrogens is 308 g/mol. The van der Waals surface area contributed by atoms with Gasteiger partial charge in [-0.2, -0.15) is 0 Å². The third-order valence-electron chi connectivity index (χ3n) is 2.41. The quantitative estimate of drug-likeness (QED) is 0.656. The lowest BCUT2D eigenvalue weighted by molar-refractivity contribution is 0.112. The van der Waals surface area contributed by atoms with Crippen molar-refractivity contribution in [2.75, 3.05) is 18.5 Å². The number of anilines is 1. The topological polar surface area (TPSA) is 51.2 Å². The van der Waals surface area contributed by atoms with Crippen molar-refractivity contribution in [1.82, 2.24) is 4.98 Å². The van der Waals surface area contributed by atoms with Crippen LogP contribution >= 0.6 is 15.9 Å². The van der Waals surface area contributed by atoms with Gasteiger partial charge in [0.05, 0.1) is 0 Å². The Balaban J connectivity index is 1.82. The highest BCUT2D eigenvalue weighted by Crippen LogP contribution is 2.20. The zero-order chi connectivity index (χ0) is 13.5. The lowest BCUT2D eigenvalue weighted by Gasteiger charge is -2.09. The Morgan fingerprint density at radius 1 is 1.26 bits per heavy atom. The van der Waals surface area contributed by atoms with Gasteiger partial charge < -0.3 is 10.1 Å². The fraction of sp³-hybridized carbons (Fsp3) is 0.143. The number of pyridine rings is 1. The molecular formula is C14H13BrN2O2. The van der Waals surface area contributed by atoms with Crippen LogP contribution in [0.1, 0.15) is 10.4 Å². The summed E-state index contributed by atoms with van der Waals surface area (Å²) in [5.74, 6) is 0.674. The number of carbonyl (C=O) groups is 1. The second-order valence-corrected chi connectivity index (χ2v) is 4.76. The average molecular weight is 321 g/mol. The van der Waals surface area contributed by atoms with E-state index in [1.807, 2.05) is 18.2 Å². The Morgan fingerprint density at radius 2 is 2.05 bits per heavy atom. The second-order valence-electron chi connectivity index (χ2n) is 3.85. The Kier molecular flexibility index (Phi) is 4.92. The maximum Gasteiger partial charge on any atom is 0.150 e. The molecule has 0 amide bonds. The van der Waals surface area contributed by atoms with Crippen LogP contribution in [0.3, 0.4) is 0 Å². The van der Waals surface area contributed by atoms with Crippen molar-refractivity contribution in [3.05, 3.63) is 52.8 Å². The summed E-state index contributed by atoms with van der Waals surface area (Å²) >= 11 is 3.34. The van der Waals surface area contributed by atoms with Crippen LogP contribution in [0.15, 0.2) is 47.2 Å². The van der Waals surface area contributed by atoms with Gasteiger partial charge in [-0.1, -0.05) is 15.9 Å². The predicted molar refractivity (Wildman–Crippen MR) is 77.8 cm³/mol. The molecule has 1 aromatic heterocycles. The van der Waals surface area contributed by atoms with Crippen LogP contribution in [0.5, 0.6) is 5.75 Å². The average Bonchev–Trinajstić information content (AvgIpc) is 2.44. The third-order valence-corrected chi connectivity index (χ3v) is 2.87. The molecule has 0 unspecified atom stereocenters. The van der Waals surface area contributed by atoms with Crippen LogP contribution in [0.2, 0.25) is 0 Å². The summed E-state index contributed by atoms with van der Waals surface area (Å²) in [7, 11) is 0. The molecule has 0 saturated carbocycles. The summed E-state index contributed by atoms with van der Waals surface area (Å²) in [5.41, 5.74) is 1.59. The van der Waals surface area contributed by atoms with E-state index in [2.05, 4.69) is 26.2 Å². The molecule has 5 heteroatoms. The van der Waals surface area contributed by atoms with Crippen molar-refractivity contribution < 1.29 is 9.53 Å². The molecule has 2 rings (SSSR count). The molecule has 0 bridgehead atoms. The maximum atomic E-state index is 10.7. The minimum Gasteiger partial charge on any atom is -0.492 e. The summed E-state index contributed by atoms with van der Waals surface area (Å²) in [4.78, 5) is 14.7. The van der Waals surface area contributed by atoms with Gasteiger partial charge in [-0.05, 0) is 30.3 Å². The highest BCUT2D eigenvalue weighted by Gasteiger charge is 2.00. The molecule has 1 N–H and O–H groups in total. The summed E-state index contributed by atoms with van der Waals surface area (Å²) in [6.45, 7) is 1.18. The Hall–Kier alpha value is -1.88. The number of hydrogen-bond donors (Lipinski definition) is 1. The number of halogens is 1. The van der Waals surface area contributed by atoms with E-state index < -0.39 is 0 Å². The van der Waals surface area contributed by atoms with Gasteiger partial charge in [0.15, 0.2) is 0 Å². The first-order valence-electron chi connectivity index (χ1n) is 5.80. The van der Waals surface area contributed by atoms with Gasteiger partial charge in [0.25, 0.3) is 0 Å². The minimum absolute atomic E-state index is 0.511. The molecule has 19 heavy (non-hydrogen) atoms. The van der Waals surface area contributed by atoms with E-state index in [4.69, 9.17) is 4.74 Å². The van der Waals surface area contributed by atoms with E-state index in [0.717, 1.165) is 16.4 Å². The predicted octanol–water partition coefficient (Wildman–Crippen LogP) is 3.15. The number of hydrogen-bond acceptors (Lipinski definition) is 4. The van der Waals surface area contributed by atoms with E-state index in [1.165, 1.54) is 0 Å². The number of nitrogens with zero attached hydrogens (tertiary/aromatic N) is 1. The van der Waals surface area contributed by atoms with Crippen LogP contribution in [-0.2, 0) is 0 Å². The zero-order valence-corrected chi connectivity index (χ0v) is 11.8. The molecule has 0 aliphatic rings. The lowest BCUT2D eigenvalue weighted by atomic mass is 10.2. The van der Waals surface area contributed by atoms with Gasteiger partial charge in [-0.25, -0.2) is 0 Å². The molecule has 1 aromatic carbocycles. The number of carbonyl (C=O) groups excluding carboxylic acids is 1. The SMILES string of the molecule is O=Cc1cc(Br)cc(OCCNc2ccncc2)c1. The van der Waals surface area contributed by atoms with E-state index >= 15 is 0 Å². The monoisotopic (exact) mass is 320 g/mol. The van der Waals surface area contributed by atoms with Crippen molar-refractivity contribution in [1.29, 1.82) is 0 Å². The van der Waals surface area contributed by atoms with Crippen LogP contribution in [-0.4, -0.2) is 24.4 Å². The van der Waals surface area contributed by atoms with Crippen molar-refractivity contribution in [2.45, 2.75) is 0 Å². The van der Waals surface area contributed by atoms with Crippen molar-refractivity contribution in [2.24, 2.45) is 0 Å². The standard InChI is InChI=1S/C14H13BrN2O2/c15-12-7-11(10-18)8-14(9-12)19-6-5-17-13-1-3-16-4-2-13/h1-4,7-10H,5-6H2,(H,16,17). The first-order valence-corrected chi connectivity index (χ1v) is 6.60. The number of benzene rings is 1. The second kappa shape index (κ2) is 6.89. The molecule has 4 nitrogen and oxygen atoms in total. The Labute approximate surface area is 119 Å². The highest BCUT2D eigenvalue weighted by molar-refractivity contribution is 9.10. The van der Waals surface area contributed by atoms with Crippen LogP contribution in [0.4, 0.5) is 5.69 Å². The van der Waals surface area contributed by atoms with Gasteiger partial charge in [-0.15, -0.1) is 0 Å².